The average molecular weight is 427 g/mol. The van der Waals surface area contributed by atoms with Crippen molar-refractivity contribution in [2.45, 2.75) is 92.3 Å². The maximum absolute atomic E-state index is 11.0. The van der Waals surface area contributed by atoms with Gasteiger partial charge in [-0.15, -0.1) is 0 Å². The fourth-order valence-corrected chi connectivity index (χ4v) is 4.73. The van der Waals surface area contributed by atoms with Gasteiger partial charge >= 0.3 is 0 Å². The van der Waals surface area contributed by atoms with Crippen molar-refractivity contribution in [3.8, 4) is 0 Å². The van der Waals surface area contributed by atoms with Crippen LogP contribution in [-0.4, -0.2) is 72.2 Å². The first-order chi connectivity index (χ1) is 14.2. The zero-order valence-electron chi connectivity index (χ0n) is 20.8. The number of carbonyl (C=O) groups is 2. The smallest absolute Gasteiger partial charge is 0.219 e. The van der Waals surface area contributed by atoms with Crippen LogP contribution in [0.1, 0.15) is 81.1 Å². The molecule has 4 aliphatic heterocycles. The second-order valence-corrected chi connectivity index (χ2v) is 9.01. The van der Waals surface area contributed by atoms with Crippen molar-refractivity contribution in [2.24, 2.45) is 11.8 Å². The molecule has 4 fully saturated rings. The predicted molar refractivity (Wildman–Crippen MR) is 121 cm³/mol. The Morgan fingerprint density at radius 1 is 0.700 bits per heavy atom. The molecule has 2 atom stereocenters. The molecule has 30 heavy (non-hydrogen) atoms. The van der Waals surface area contributed by atoms with Crippen LogP contribution in [0.15, 0.2) is 0 Å². The van der Waals surface area contributed by atoms with Crippen LogP contribution in [-0.2, 0) is 19.1 Å². The number of amides is 2. The Balaban J connectivity index is 0.000000258. The van der Waals surface area contributed by atoms with Crippen LogP contribution in [0.5, 0.6) is 0 Å². The summed E-state index contributed by atoms with van der Waals surface area (Å²) in [7, 11) is 0. The molecule has 0 aliphatic carbocycles. The Morgan fingerprint density at radius 3 is 1.23 bits per heavy atom. The third-order valence-corrected chi connectivity index (χ3v) is 6.29. The minimum atomic E-state index is 0.0311. The Bertz CT molecular complexity index is 491. The number of hydrogen-bond donors (Lipinski definition) is 0. The van der Waals surface area contributed by atoms with E-state index in [0.717, 1.165) is 64.1 Å². The van der Waals surface area contributed by atoms with E-state index in [-0.39, 0.29) is 23.0 Å². The van der Waals surface area contributed by atoms with Crippen molar-refractivity contribution >= 4 is 11.8 Å². The molecule has 2 spiro atoms. The predicted octanol–water partition coefficient (Wildman–Crippen LogP) is 4.12. The van der Waals surface area contributed by atoms with E-state index in [1.54, 1.807) is 13.8 Å². The van der Waals surface area contributed by atoms with Crippen LogP contribution in [0.4, 0.5) is 0 Å². The van der Waals surface area contributed by atoms with Crippen LogP contribution >= 0.6 is 0 Å². The van der Waals surface area contributed by atoms with Gasteiger partial charge in [-0.3, -0.25) is 9.59 Å². The van der Waals surface area contributed by atoms with E-state index in [9.17, 15) is 9.59 Å². The highest BCUT2D eigenvalue weighted by molar-refractivity contribution is 5.75. The monoisotopic (exact) mass is 426 g/mol. The molecule has 4 aliphatic rings. The quantitative estimate of drug-likeness (QED) is 0.585. The lowest BCUT2D eigenvalue weighted by Gasteiger charge is -2.52. The molecule has 0 aromatic rings. The number of ether oxygens (including phenoxy) is 2. The molecule has 4 heterocycles. The van der Waals surface area contributed by atoms with E-state index in [4.69, 9.17) is 9.47 Å². The summed E-state index contributed by atoms with van der Waals surface area (Å²) >= 11 is 0. The lowest BCUT2D eigenvalue weighted by Crippen LogP contribution is -2.66. The molecular formula is C24H46N2O4. The summed E-state index contributed by atoms with van der Waals surface area (Å²) in [6.45, 7) is 20.8. The summed E-state index contributed by atoms with van der Waals surface area (Å²) in [5.74, 6) is 1.85. The number of nitrogens with zero attached hydrogens (tertiary/aromatic N) is 2. The van der Waals surface area contributed by atoms with Gasteiger partial charge in [0.05, 0.1) is 26.2 Å². The molecule has 4 saturated heterocycles. The Hall–Kier alpha value is -1.14. The summed E-state index contributed by atoms with van der Waals surface area (Å²) in [5.41, 5.74) is 0.0622. The molecule has 0 N–H and O–H groups in total. The highest BCUT2D eigenvalue weighted by Gasteiger charge is 2.48. The number of carbonyl (C=O) groups excluding carboxylic acids is 2. The fraction of sp³-hybridized carbons (Fsp3) is 0.917. The highest BCUT2D eigenvalue weighted by Crippen LogP contribution is 2.37. The maximum atomic E-state index is 11.0. The first-order valence-corrected chi connectivity index (χ1v) is 12.0. The molecule has 0 aromatic heterocycles. The van der Waals surface area contributed by atoms with Gasteiger partial charge in [0.15, 0.2) is 0 Å². The van der Waals surface area contributed by atoms with Crippen molar-refractivity contribution in [3.63, 3.8) is 0 Å². The van der Waals surface area contributed by atoms with E-state index in [1.807, 2.05) is 37.5 Å². The molecule has 176 valence electrons. The topological polar surface area (TPSA) is 59.1 Å². The lowest BCUT2D eigenvalue weighted by molar-refractivity contribution is -0.185. The summed E-state index contributed by atoms with van der Waals surface area (Å²) in [4.78, 5) is 25.7. The highest BCUT2D eigenvalue weighted by atomic mass is 16.5. The van der Waals surface area contributed by atoms with E-state index in [2.05, 4.69) is 13.8 Å². The van der Waals surface area contributed by atoms with Crippen molar-refractivity contribution in [3.05, 3.63) is 0 Å². The van der Waals surface area contributed by atoms with Crippen LogP contribution in [0.3, 0.4) is 0 Å². The summed E-state index contributed by atoms with van der Waals surface area (Å²) in [5, 5.41) is 0. The first kappa shape index (κ1) is 26.9. The second kappa shape index (κ2) is 12.0. The number of hydrogen-bond acceptors (Lipinski definition) is 4. The van der Waals surface area contributed by atoms with Gasteiger partial charge in [-0.2, -0.15) is 0 Å². The zero-order valence-corrected chi connectivity index (χ0v) is 20.8. The largest absolute Gasteiger partial charge is 0.371 e. The molecule has 6 heteroatoms. The van der Waals surface area contributed by atoms with E-state index in [1.165, 1.54) is 12.8 Å². The van der Waals surface area contributed by atoms with Crippen molar-refractivity contribution < 1.29 is 19.1 Å². The van der Waals surface area contributed by atoms with Gasteiger partial charge in [-0.05, 0) is 37.5 Å². The van der Waals surface area contributed by atoms with Gasteiger partial charge in [-0.25, -0.2) is 0 Å². The molecule has 0 unspecified atom stereocenters. The van der Waals surface area contributed by atoms with E-state index < -0.39 is 0 Å². The summed E-state index contributed by atoms with van der Waals surface area (Å²) < 4.78 is 11.5. The van der Waals surface area contributed by atoms with Gasteiger partial charge in [0, 0.05) is 27.1 Å². The third-order valence-electron chi connectivity index (χ3n) is 6.29. The number of rotatable bonds is 0. The fourth-order valence-electron chi connectivity index (χ4n) is 4.73. The minimum Gasteiger partial charge on any atom is -0.371 e. The minimum absolute atomic E-state index is 0.0311. The maximum Gasteiger partial charge on any atom is 0.219 e. The molecule has 0 aromatic carbocycles. The molecule has 6 nitrogen and oxygen atoms in total. The third kappa shape index (κ3) is 6.94. The van der Waals surface area contributed by atoms with Crippen LogP contribution in [0.25, 0.3) is 0 Å². The molecular weight excluding hydrogens is 380 g/mol. The molecule has 0 radical (unpaired) electrons. The van der Waals surface area contributed by atoms with Gasteiger partial charge in [0.2, 0.25) is 11.8 Å². The lowest BCUT2D eigenvalue weighted by atomic mass is 9.81. The SMILES string of the molecule is CC.CC.CC(=O)N1CC2(C[C@@H](C)CCO2)C1.CC(=O)N1CC2(C[C@H](C)CCO2)C1. The number of likely N-dealkylation sites (tertiary alicyclic amines) is 2. The van der Waals surface area contributed by atoms with Gasteiger partial charge in [0.25, 0.3) is 0 Å². The van der Waals surface area contributed by atoms with Crippen LogP contribution in [0, 0.1) is 11.8 Å². The van der Waals surface area contributed by atoms with Gasteiger partial charge in [0.1, 0.15) is 11.2 Å². The van der Waals surface area contributed by atoms with Crippen molar-refractivity contribution in [1.29, 1.82) is 0 Å². The zero-order chi connectivity index (χ0) is 22.9. The Morgan fingerprint density at radius 2 is 1.00 bits per heavy atom. The standard InChI is InChI=1S/2C10H17NO2.2C2H6/c2*1-8-3-4-13-10(5-8)6-11(7-10)9(2)12;2*1-2/h2*8H,3-7H2,1-2H3;2*1-2H3/t2*8-;;/m10../s1. The Labute approximate surface area is 184 Å². The van der Waals surface area contributed by atoms with Crippen LogP contribution in [0.2, 0.25) is 0 Å². The van der Waals surface area contributed by atoms with Crippen molar-refractivity contribution in [2.75, 3.05) is 39.4 Å². The molecule has 4 rings (SSSR count). The van der Waals surface area contributed by atoms with E-state index in [0.29, 0.717) is 0 Å². The molecule has 2 amide bonds. The normalized spacial score (nSPS) is 27.7. The Kier molecular flexibility index (Phi) is 10.8. The average Bonchev–Trinajstić information content (AvgIpc) is 2.67. The molecule has 0 saturated carbocycles. The van der Waals surface area contributed by atoms with Gasteiger partial charge < -0.3 is 19.3 Å². The summed E-state index contributed by atoms with van der Waals surface area (Å²) in [6.07, 6.45) is 4.58. The van der Waals surface area contributed by atoms with E-state index >= 15 is 0 Å². The van der Waals surface area contributed by atoms with Gasteiger partial charge in [-0.1, -0.05) is 41.5 Å². The van der Waals surface area contributed by atoms with Crippen LogP contribution < -0.4 is 0 Å². The summed E-state index contributed by atoms with van der Waals surface area (Å²) in [6, 6.07) is 0. The molecule has 0 bridgehead atoms. The van der Waals surface area contributed by atoms with Crippen molar-refractivity contribution in [1.82, 2.24) is 9.80 Å². The first-order valence-electron chi connectivity index (χ1n) is 12.0. The second-order valence-electron chi connectivity index (χ2n) is 9.01.